The van der Waals surface area contributed by atoms with E-state index in [1.165, 1.54) is 0 Å². The molecule has 0 saturated carbocycles. The van der Waals surface area contributed by atoms with E-state index < -0.39 is 5.92 Å². The number of carbonyl (C=O) groups is 2. The molecular formula is C4H5NO2. The van der Waals surface area contributed by atoms with Crippen LogP contribution in [0.2, 0.25) is 0 Å². The Balaban J connectivity index is 3.57. The SMILES string of the molecule is N=CC(C=O)C=O. The molecule has 0 aliphatic heterocycles. The molecule has 3 heteroatoms. The highest BCUT2D eigenvalue weighted by atomic mass is 16.1. The molecule has 7 heavy (non-hydrogen) atoms. The molecule has 0 rings (SSSR count). The molecule has 3 nitrogen and oxygen atoms in total. The van der Waals surface area contributed by atoms with E-state index in [-0.39, 0.29) is 0 Å². The minimum absolute atomic E-state index is 0.417. The van der Waals surface area contributed by atoms with Crippen molar-refractivity contribution < 1.29 is 9.59 Å². The Morgan fingerprint density at radius 1 is 1.29 bits per heavy atom. The molecule has 0 atom stereocenters. The Morgan fingerprint density at radius 2 is 1.71 bits per heavy atom. The van der Waals surface area contributed by atoms with Crippen LogP contribution in [0.3, 0.4) is 0 Å². The van der Waals surface area contributed by atoms with Gasteiger partial charge in [-0.2, -0.15) is 0 Å². The van der Waals surface area contributed by atoms with Gasteiger partial charge in [0.25, 0.3) is 0 Å². The van der Waals surface area contributed by atoms with Gasteiger partial charge in [0.1, 0.15) is 18.5 Å². The summed E-state index contributed by atoms with van der Waals surface area (Å²) >= 11 is 0. The Hall–Kier alpha value is -0.990. The number of carbonyl (C=O) groups excluding carboxylic acids is 2. The predicted octanol–water partition coefficient (Wildman–Crippen LogP) is -0.350. The summed E-state index contributed by atoms with van der Waals surface area (Å²) in [5, 5.41) is 6.37. The Labute approximate surface area is 40.8 Å². The molecule has 38 valence electrons. The molecule has 0 heterocycles. The van der Waals surface area contributed by atoms with Gasteiger partial charge in [-0.1, -0.05) is 0 Å². The summed E-state index contributed by atoms with van der Waals surface area (Å²) < 4.78 is 0. The van der Waals surface area contributed by atoms with Crippen molar-refractivity contribution in [1.82, 2.24) is 0 Å². The van der Waals surface area contributed by atoms with Crippen LogP contribution in [0.5, 0.6) is 0 Å². The van der Waals surface area contributed by atoms with Crippen LogP contribution in [-0.4, -0.2) is 18.8 Å². The number of rotatable bonds is 3. The normalized spacial score (nSPS) is 8.14. The van der Waals surface area contributed by atoms with Crippen molar-refractivity contribution in [3.05, 3.63) is 0 Å². The van der Waals surface area contributed by atoms with E-state index in [4.69, 9.17) is 5.41 Å². The van der Waals surface area contributed by atoms with Crippen molar-refractivity contribution in [3.63, 3.8) is 0 Å². The first-order valence-electron chi connectivity index (χ1n) is 1.76. The maximum Gasteiger partial charge on any atom is 0.135 e. The van der Waals surface area contributed by atoms with E-state index in [0.717, 1.165) is 6.21 Å². The fourth-order valence-corrected chi connectivity index (χ4v) is 0.111. The summed E-state index contributed by atoms with van der Waals surface area (Å²) in [4.78, 5) is 19.2. The van der Waals surface area contributed by atoms with Gasteiger partial charge < -0.3 is 15.0 Å². The summed E-state index contributed by atoms with van der Waals surface area (Å²) in [5.74, 6) is -0.833. The molecule has 0 aromatic rings. The van der Waals surface area contributed by atoms with E-state index >= 15 is 0 Å². The van der Waals surface area contributed by atoms with Crippen molar-refractivity contribution >= 4 is 18.8 Å². The van der Waals surface area contributed by atoms with Gasteiger partial charge in [0, 0.05) is 6.21 Å². The topological polar surface area (TPSA) is 58.0 Å². The zero-order chi connectivity index (χ0) is 5.70. The standard InChI is InChI=1S/C4H5NO2/c5-1-4(2-6)3-7/h1-5H. The molecule has 1 N–H and O–H groups in total. The van der Waals surface area contributed by atoms with Gasteiger partial charge in [-0.15, -0.1) is 0 Å². The lowest BCUT2D eigenvalue weighted by Crippen LogP contribution is -2.02. The van der Waals surface area contributed by atoms with Gasteiger partial charge in [0.05, 0.1) is 0 Å². The summed E-state index contributed by atoms with van der Waals surface area (Å²) in [7, 11) is 0. The molecular weight excluding hydrogens is 94.0 g/mol. The summed E-state index contributed by atoms with van der Waals surface area (Å²) in [6.07, 6.45) is 1.63. The molecule has 0 radical (unpaired) electrons. The van der Waals surface area contributed by atoms with Gasteiger partial charge in [-0.05, 0) is 0 Å². The zero-order valence-electron chi connectivity index (χ0n) is 3.63. The van der Waals surface area contributed by atoms with E-state index in [1.54, 1.807) is 0 Å². The largest absolute Gasteiger partial charge is 0.312 e. The highest BCUT2D eigenvalue weighted by Gasteiger charge is 1.95. The highest BCUT2D eigenvalue weighted by molar-refractivity contribution is 5.96. The van der Waals surface area contributed by atoms with E-state index in [2.05, 4.69) is 0 Å². The van der Waals surface area contributed by atoms with E-state index in [0.29, 0.717) is 12.6 Å². The van der Waals surface area contributed by atoms with Crippen molar-refractivity contribution in [1.29, 1.82) is 5.41 Å². The zero-order valence-corrected chi connectivity index (χ0v) is 3.63. The predicted molar refractivity (Wildman–Crippen MR) is 24.4 cm³/mol. The first-order valence-corrected chi connectivity index (χ1v) is 1.76. The van der Waals surface area contributed by atoms with Crippen LogP contribution < -0.4 is 0 Å². The summed E-state index contributed by atoms with van der Waals surface area (Å²) in [6, 6.07) is 0. The second-order valence-electron chi connectivity index (χ2n) is 1.02. The molecule has 0 aromatic heterocycles. The van der Waals surface area contributed by atoms with Crippen molar-refractivity contribution in [2.24, 2.45) is 5.92 Å². The molecule has 0 amide bonds. The Morgan fingerprint density at radius 3 is 1.71 bits per heavy atom. The second-order valence-corrected chi connectivity index (χ2v) is 1.02. The second kappa shape index (κ2) is 3.21. The fraction of sp³-hybridized carbons (Fsp3) is 0.250. The van der Waals surface area contributed by atoms with Gasteiger partial charge in [0.15, 0.2) is 0 Å². The third-order valence-electron chi connectivity index (χ3n) is 0.507. The fourth-order valence-electron chi connectivity index (χ4n) is 0.111. The molecule has 0 unspecified atom stereocenters. The number of aldehydes is 2. The molecule has 0 aliphatic carbocycles. The van der Waals surface area contributed by atoms with Gasteiger partial charge >= 0.3 is 0 Å². The van der Waals surface area contributed by atoms with Crippen LogP contribution in [0.15, 0.2) is 0 Å². The van der Waals surface area contributed by atoms with Crippen molar-refractivity contribution in [2.75, 3.05) is 0 Å². The van der Waals surface area contributed by atoms with E-state index in [1.807, 2.05) is 0 Å². The Kier molecular flexibility index (Phi) is 2.76. The molecule has 0 aromatic carbocycles. The lowest BCUT2D eigenvalue weighted by Gasteiger charge is -1.81. The van der Waals surface area contributed by atoms with Crippen LogP contribution in [0.25, 0.3) is 0 Å². The number of hydrogen-bond acceptors (Lipinski definition) is 3. The average Bonchev–Trinajstić information content (AvgIpc) is 1.72. The molecule has 0 aliphatic rings. The molecule has 0 spiro atoms. The van der Waals surface area contributed by atoms with Crippen LogP contribution in [0.4, 0.5) is 0 Å². The maximum absolute atomic E-state index is 9.58. The summed E-state index contributed by atoms with van der Waals surface area (Å²) in [6.45, 7) is 0. The van der Waals surface area contributed by atoms with Crippen LogP contribution in [-0.2, 0) is 9.59 Å². The lowest BCUT2D eigenvalue weighted by atomic mass is 10.2. The first kappa shape index (κ1) is 6.01. The van der Waals surface area contributed by atoms with Crippen molar-refractivity contribution in [2.45, 2.75) is 0 Å². The van der Waals surface area contributed by atoms with Crippen molar-refractivity contribution in [3.8, 4) is 0 Å². The quantitative estimate of drug-likeness (QED) is 0.298. The summed E-state index contributed by atoms with van der Waals surface area (Å²) in [5.41, 5.74) is 0. The third kappa shape index (κ3) is 1.81. The van der Waals surface area contributed by atoms with Crippen LogP contribution >= 0.6 is 0 Å². The molecule has 0 saturated heterocycles. The number of nitrogens with one attached hydrogen (secondary N) is 1. The Bertz CT molecular complexity index is 70.7. The smallest absolute Gasteiger partial charge is 0.135 e. The van der Waals surface area contributed by atoms with Gasteiger partial charge in [-0.3, -0.25) is 0 Å². The van der Waals surface area contributed by atoms with Gasteiger partial charge in [0.2, 0.25) is 0 Å². The highest BCUT2D eigenvalue weighted by Crippen LogP contribution is 1.73. The minimum atomic E-state index is -0.833. The minimum Gasteiger partial charge on any atom is -0.312 e. The monoisotopic (exact) mass is 99.0 g/mol. The first-order chi connectivity index (χ1) is 3.35. The average molecular weight is 99.1 g/mol. The van der Waals surface area contributed by atoms with Crippen LogP contribution in [0.1, 0.15) is 0 Å². The van der Waals surface area contributed by atoms with E-state index in [9.17, 15) is 9.59 Å². The number of hydrogen-bond donors (Lipinski definition) is 1. The van der Waals surface area contributed by atoms with Crippen LogP contribution in [0, 0.1) is 11.3 Å². The van der Waals surface area contributed by atoms with Gasteiger partial charge in [-0.25, -0.2) is 0 Å². The lowest BCUT2D eigenvalue weighted by molar-refractivity contribution is -0.116. The molecule has 0 bridgehead atoms. The maximum atomic E-state index is 9.58. The third-order valence-corrected chi connectivity index (χ3v) is 0.507. The molecule has 0 fully saturated rings.